The van der Waals surface area contributed by atoms with Crippen molar-refractivity contribution in [1.82, 2.24) is 4.57 Å². The highest BCUT2D eigenvalue weighted by atomic mass is 79.9. The highest BCUT2D eigenvalue weighted by Crippen LogP contribution is 2.29. The van der Waals surface area contributed by atoms with Crippen molar-refractivity contribution in [2.45, 2.75) is 38.1 Å². The lowest BCUT2D eigenvalue weighted by molar-refractivity contribution is 0.354. The molecule has 1 heterocycles. The topological polar surface area (TPSA) is 28.7 Å². The zero-order valence-corrected chi connectivity index (χ0v) is 14.1. The van der Waals surface area contributed by atoms with Gasteiger partial charge in [0.15, 0.2) is 0 Å². The second-order valence-electron chi connectivity index (χ2n) is 5.86. The summed E-state index contributed by atoms with van der Waals surface area (Å²) >= 11 is 3.46. The van der Waals surface area contributed by atoms with Gasteiger partial charge in [-0.15, -0.1) is 0 Å². The number of nitriles is 1. The predicted octanol–water partition coefficient (Wildman–Crippen LogP) is 5.82. The fourth-order valence-corrected chi connectivity index (χ4v) is 3.52. The minimum atomic E-state index is 0.632. The van der Waals surface area contributed by atoms with Crippen molar-refractivity contribution in [3.8, 4) is 6.07 Å². The monoisotopic (exact) mass is 354 g/mol. The molecule has 1 aliphatic carbocycles. The summed E-state index contributed by atoms with van der Waals surface area (Å²) in [6.07, 6.45) is 12.9. The van der Waals surface area contributed by atoms with Crippen LogP contribution in [0.5, 0.6) is 0 Å². The SMILES string of the molecule is N#C/C(=C\c1ccn(C2CCCCC2)c1)c1cccc(Br)c1. The van der Waals surface area contributed by atoms with Gasteiger partial charge in [-0.25, -0.2) is 0 Å². The highest BCUT2D eigenvalue weighted by molar-refractivity contribution is 9.10. The Morgan fingerprint density at radius 2 is 2.05 bits per heavy atom. The summed E-state index contributed by atoms with van der Waals surface area (Å²) in [5.41, 5.74) is 2.74. The van der Waals surface area contributed by atoms with Crippen LogP contribution in [-0.2, 0) is 0 Å². The molecular weight excluding hydrogens is 336 g/mol. The van der Waals surface area contributed by atoms with Gasteiger partial charge in [-0.1, -0.05) is 47.3 Å². The standard InChI is InChI=1S/C19H19BrN2/c20-18-6-4-5-16(12-18)17(13-21)11-15-9-10-22(14-15)19-7-2-1-3-8-19/h4-6,9-12,14,19H,1-3,7-8H2/b17-11+. The third-order valence-corrected chi connectivity index (χ3v) is 4.79. The minimum Gasteiger partial charge on any atom is -0.351 e. The van der Waals surface area contributed by atoms with Crippen LogP contribution in [0.25, 0.3) is 11.6 Å². The van der Waals surface area contributed by atoms with Crippen LogP contribution in [0.2, 0.25) is 0 Å². The quantitative estimate of drug-likeness (QED) is 0.638. The summed E-state index contributed by atoms with van der Waals surface area (Å²) in [7, 11) is 0. The first kappa shape index (κ1) is 15.1. The molecule has 3 heteroatoms. The van der Waals surface area contributed by atoms with Gasteiger partial charge < -0.3 is 4.57 Å². The molecule has 0 amide bonds. The zero-order chi connectivity index (χ0) is 15.4. The third kappa shape index (κ3) is 3.51. The van der Waals surface area contributed by atoms with E-state index in [0.29, 0.717) is 11.6 Å². The molecule has 0 saturated heterocycles. The molecule has 1 fully saturated rings. The number of hydrogen-bond acceptors (Lipinski definition) is 1. The van der Waals surface area contributed by atoms with Crippen LogP contribution in [0.3, 0.4) is 0 Å². The van der Waals surface area contributed by atoms with E-state index in [-0.39, 0.29) is 0 Å². The first-order valence-electron chi connectivity index (χ1n) is 7.81. The van der Waals surface area contributed by atoms with Crippen LogP contribution in [0.15, 0.2) is 47.2 Å². The molecule has 0 bridgehead atoms. The van der Waals surface area contributed by atoms with E-state index in [1.165, 1.54) is 32.1 Å². The third-order valence-electron chi connectivity index (χ3n) is 4.30. The normalized spacial score (nSPS) is 16.5. The Hall–Kier alpha value is -1.79. The van der Waals surface area contributed by atoms with E-state index >= 15 is 0 Å². The molecule has 1 saturated carbocycles. The number of hydrogen-bond donors (Lipinski definition) is 0. The van der Waals surface area contributed by atoms with Crippen LogP contribution in [-0.4, -0.2) is 4.57 Å². The van der Waals surface area contributed by atoms with Gasteiger partial charge >= 0.3 is 0 Å². The molecule has 0 radical (unpaired) electrons. The lowest BCUT2D eigenvalue weighted by atomic mass is 9.95. The zero-order valence-electron chi connectivity index (χ0n) is 12.5. The molecule has 0 aliphatic heterocycles. The molecule has 1 aromatic heterocycles. The molecule has 112 valence electrons. The van der Waals surface area contributed by atoms with Crippen molar-refractivity contribution in [2.75, 3.05) is 0 Å². The number of halogens is 1. The maximum Gasteiger partial charge on any atom is 0.0998 e. The average Bonchev–Trinajstić information content (AvgIpc) is 3.02. The van der Waals surface area contributed by atoms with Crippen LogP contribution in [0.4, 0.5) is 0 Å². The molecule has 0 unspecified atom stereocenters. The van der Waals surface area contributed by atoms with E-state index in [4.69, 9.17) is 0 Å². The van der Waals surface area contributed by atoms with Crippen molar-refractivity contribution in [3.05, 3.63) is 58.3 Å². The second kappa shape index (κ2) is 6.98. The Morgan fingerprint density at radius 1 is 1.23 bits per heavy atom. The minimum absolute atomic E-state index is 0.632. The Bertz CT molecular complexity index is 715. The first-order valence-corrected chi connectivity index (χ1v) is 8.61. The molecule has 2 aromatic rings. The maximum atomic E-state index is 9.45. The maximum absolute atomic E-state index is 9.45. The molecule has 22 heavy (non-hydrogen) atoms. The second-order valence-corrected chi connectivity index (χ2v) is 6.78. The summed E-state index contributed by atoms with van der Waals surface area (Å²) in [6.45, 7) is 0. The molecule has 1 aliphatic rings. The number of nitrogens with zero attached hydrogens (tertiary/aromatic N) is 2. The molecular formula is C19H19BrN2. The van der Waals surface area contributed by atoms with Gasteiger partial charge in [-0.3, -0.25) is 0 Å². The number of benzene rings is 1. The predicted molar refractivity (Wildman–Crippen MR) is 94.2 cm³/mol. The molecule has 2 nitrogen and oxygen atoms in total. The highest BCUT2D eigenvalue weighted by Gasteiger charge is 2.14. The summed E-state index contributed by atoms with van der Waals surface area (Å²) in [5, 5.41) is 9.45. The Kier molecular flexibility index (Phi) is 4.80. The van der Waals surface area contributed by atoms with E-state index in [2.05, 4.69) is 45.0 Å². The summed E-state index contributed by atoms with van der Waals surface area (Å²) in [6, 6.07) is 12.9. The molecule has 3 rings (SSSR count). The Labute approximate surface area is 140 Å². The Morgan fingerprint density at radius 3 is 2.77 bits per heavy atom. The van der Waals surface area contributed by atoms with Crippen LogP contribution >= 0.6 is 15.9 Å². The van der Waals surface area contributed by atoms with Crippen LogP contribution < -0.4 is 0 Å². The smallest absolute Gasteiger partial charge is 0.0998 e. The van der Waals surface area contributed by atoms with Gasteiger partial charge in [-0.2, -0.15) is 5.26 Å². The van der Waals surface area contributed by atoms with Crippen molar-refractivity contribution in [2.24, 2.45) is 0 Å². The number of allylic oxidation sites excluding steroid dienone is 1. The molecule has 0 N–H and O–H groups in total. The van der Waals surface area contributed by atoms with Gasteiger partial charge in [-0.05, 0) is 48.2 Å². The van der Waals surface area contributed by atoms with Gasteiger partial charge in [0.25, 0.3) is 0 Å². The summed E-state index contributed by atoms with van der Waals surface area (Å²) < 4.78 is 3.31. The fraction of sp³-hybridized carbons (Fsp3) is 0.316. The molecule has 1 aromatic carbocycles. The van der Waals surface area contributed by atoms with E-state index < -0.39 is 0 Å². The van der Waals surface area contributed by atoms with Gasteiger partial charge in [0.05, 0.1) is 11.6 Å². The van der Waals surface area contributed by atoms with Gasteiger partial charge in [0.1, 0.15) is 0 Å². The van der Waals surface area contributed by atoms with E-state index in [1.807, 2.05) is 30.3 Å². The van der Waals surface area contributed by atoms with Crippen molar-refractivity contribution in [1.29, 1.82) is 5.26 Å². The van der Waals surface area contributed by atoms with E-state index in [9.17, 15) is 5.26 Å². The molecule has 0 atom stereocenters. The number of rotatable bonds is 3. The van der Waals surface area contributed by atoms with Crippen molar-refractivity contribution < 1.29 is 0 Å². The van der Waals surface area contributed by atoms with Gasteiger partial charge in [0, 0.05) is 22.9 Å². The summed E-state index contributed by atoms with van der Waals surface area (Å²) in [5.74, 6) is 0. The van der Waals surface area contributed by atoms with Crippen LogP contribution in [0.1, 0.15) is 49.3 Å². The number of aromatic nitrogens is 1. The van der Waals surface area contributed by atoms with Crippen molar-refractivity contribution >= 4 is 27.6 Å². The lowest BCUT2D eigenvalue weighted by Crippen LogP contribution is -2.10. The van der Waals surface area contributed by atoms with E-state index in [0.717, 1.165) is 15.6 Å². The fourth-order valence-electron chi connectivity index (χ4n) is 3.12. The first-order chi connectivity index (χ1) is 10.8. The van der Waals surface area contributed by atoms with Crippen LogP contribution in [0, 0.1) is 11.3 Å². The van der Waals surface area contributed by atoms with E-state index in [1.54, 1.807) is 0 Å². The lowest BCUT2D eigenvalue weighted by Gasteiger charge is -2.23. The Balaban J connectivity index is 1.84. The van der Waals surface area contributed by atoms with Gasteiger partial charge in [0.2, 0.25) is 0 Å². The van der Waals surface area contributed by atoms with Crippen molar-refractivity contribution in [3.63, 3.8) is 0 Å². The largest absolute Gasteiger partial charge is 0.351 e. The average molecular weight is 355 g/mol. The summed E-state index contributed by atoms with van der Waals surface area (Å²) in [4.78, 5) is 0. The molecule has 0 spiro atoms.